The number of rotatable bonds is 6. The Morgan fingerprint density at radius 3 is 3.17 bits per heavy atom. The molecule has 0 amide bonds. The van der Waals surface area contributed by atoms with Crippen LogP contribution in [0.5, 0.6) is 0 Å². The van der Waals surface area contributed by atoms with Crippen molar-refractivity contribution in [3.8, 4) is 0 Å². The van der Waals surface area contributed by atoms with Crippen LogP contribution in [-0.2, 0) is 25.1 Å². The summed E-state index contributed by atoms with van der Waals surface area (Å²) < 4.78 is 30.1. The van der Waals surface area contributed by atoms with Gasteiger partial charge in [-0.3, -0.25) is 9.13 Å². The molecule has 1 aromatic rings. The number of fused-ring (bicyclic) bond motifs is 1. The van der Waals surface area contributed by atoms with E-state index in [0.29, 0.717) is 19.0 Å². The minimum Gasteiger partial charge on any atom is -0.388 e. The van der Waals surface area contributed by atoms with Crippen molar-refractivity contribution in [3.63, 3.8) is 0 Å². The van der Waals surface area contributed by atoms with Gasteiger partial charge in [0.15, 0.2) is 24.3 Å². The molecule has 2 aliphatic heterocycles. The van der Waals surface area contributed by atoms with Gasteiger partial charge in [0.05, 0.1) is 19.5 Å². The fraction of sp³-hybridized carbons (Fsp3) is 0.692. The Kier molecular flexibility index (Phi) is 4.93. The normalized spacial score (nSPS) is 28.8. The van der Waals surface area contributed by atoms with Crippen LogP contribution in [0.3, 0.4) is 0 Å². The van der Waals surface area contributed by atoms with Crippen molar-refractivity contribution in [1.29, 1.82) is 0 Å². The number of aliphatic hydroxyl groups excluding tert-OH is 1. The SMILES string of the molecule is CCOP(C)(=O)CO[C@@H]1C[C@H](O)[C@H](n2cnc3c2N=C(N)NC3)O1. The Hall–Kier alpha value is -1.45. The number of aromatic nitrogens is 2. The number of hydrogen-bond acceptors (Lipinski definition) is 9. The lowest BCUT2D eigenvalue weighted by Crippen LogP contribution is -2.33. The van der Waals surface area contributed by atoms with Gasteiger partial charge >= 0.3 is 0 Å². The van der Waals surface area contributed by atoms with Crippen molar-refractivity contribution in [2.45, 2.75) is 38.5 Å². The highest BCUT2D eigenvalue weighted by Gasteiger charge is 2.38. The smallest absolute Gasteiger partial charge is 0.225 e. The lowest BCUT2D eigenvalue weighted by atomic mass is 10.2. The van der Waals surface area contributed by atoms with Gasteiger partial charge in [-0.25, -0.2) is 4.98 Å². The van der Waals surface area contributed by atoms with Crippen molar-refractivity contribution in [2.75, 3.05) is 19.6 Å². The van der Waals surface area contributed by atoms with Crippen LogP contribution in [0.15, 0.2) is 11.3 Å². The van der Waals surface area contributed by atoms with Gasteiger partial charge in [0, 0.05) is 13.1 Å². The summed E-state index contributed by atoms with van der Waals surface area (Å²) in [5.74, 6) is 0.833. The van der Waals surface area contributed by atoms with Crippen molar-refractivity contribution >= 4 is 19.1 Å². The summed E-state index contributed by atoms with van der Waals surface area (Å²) in [6.07, 6.45) is -0.439. The molecule has 0 radical (unpaired) electrons. The van der Waals surface area contributed by atoms with Crippen LogP contribution in [0.1, 0.15) is 25.3 Å². The zero-order chi connectivity index (χ0) is 17.3. The minimum absolute atomic E-state index is 0.0675. The Labute approximate surface area is 139 Å². The number of nitrogens with zero attached hydrogens (tertiary/aromatic N) is 3. The predicted octanol–water partition coefficient (Wildman–Crippen LogP) is 0.457. The maximum absolute atomic E-state index is 12.1. The molecule has 11 heteroatoms. The largest absolute Gasteiger partial charge is 0.388 e. The van der Waals surface area contributed by atoms with E-state index in [1.807, 2.05) is 0 Å². The molecule has 3 heterocycles. The average molecular weight is 359 g/mol. The number of guanidine groups is 1. The Morgan fingerprint density at radius 1 is 1.62 bits per heavy atom. The third kappa shape index (κ3) is 3.62. The van der Waals surface area contributed by atoms with Crippen molar-refractivity contribution < 1.29 is 23.7 Å². The van der Waals surface area contributed by atoms with Gasteiger partial charge in [-0.1, -0.05) is 0 Å². The number of ether oxygens (including phenoxy) is 2. The number of nitrogens with two attached hydrogens (primary N) is 1. The van der Waals surface area contributed by atoms with Gasteiger partial charge in [-0.2, -0.15) is 4.99 Å². The van der Waals surface area contributed by atoms with Gasteiger partial charge in [-0.15, -0.1) is 0 Å². The second-order valence-electron chi connectivity index (χ2n) is 5.76. The number of aliphatic hydroxyl groups is 1. The molecular formula is C13H22N5O5P. The summed E-state index contributed by atoms with van der Waals surface area (Å²) in [5, 5.41) is 13.2. The van der Waals surface area contributed by atoms with E-state index in [4.69, 9.17) is 19.7 Å². The van der Waals surface area contributed by atoms with Crippen LogP contribution >= 0.6 is 7.37 Å². The molecule has 24 heavy (non-hydrogen) atoms. The molecule has 2 aliphatic rings. The van der Waals surface area contributed by atoms with E-state index in [-0.39, 0.29) is 18.7 Å². The highest BCUT2D eigenvalue weighted by atomic mass is 31.2. The average Bonchev–Trinajstić information content (AvgIpc) is 3.08. The number of imidazole rings is 1. The fourth-order valence-electron chi connectivity index (χ4n) is 2.66. The quantitative estimate of drug-likeness (QED) is 0.624. The second kappa shape index (κ2) is 6.81. The number of aliphatic imine (C=N–C) groups is 1. The molecule has 1 fully saturated rings. The zero-order valence-corrected chi connectivity index (χ0v) is 14.5. The molecule has 0 saturated carbocycles. The summed E-state index contributed by atoms with van der Waals surface area (Å²) in [5.41, 5.74) is 6.41. The molecule has 4 N–H and O–H groups in total. The molecule has 0 aliphatic carbocycles. The first kappa shape index (κ1) is 17.4. The summed E-state index contributed by atoms with van der Waals surface area (Å²) >= 11 is 0. The molecule has 0 spiro atoms. The van der Waals surface area contributed by atoms with Crippen LogP contribution in [0, 0.1) is 0 Å². The zero-order valence-electron chi connectivity index (χ0n) is 13.6. The molecule has 0 bridgehead atoms. The third-order valence-electron chi connectivity index (χ3n) is 3.73. The van der Waals surface area contributed by atoms with E-state index < -0.39 is 26.0 Å². The highest BCUT2D eigenvalue weighted by Crippen LogP contribution is 2.44. The molecule has 4 atom stereocenters. The van der Waals surface area contributed by atoms with Crippen LogP contribution in [-0.4, -0.2) is 52.6 Å². The Balaban J connectivity index is 1.67. The first-order chi connectivity index (χ1) is 11.4. The Bertz CT molecular complexity index is 678. The fourth-order valence-corrected chi connectivity index (χ4v) is 3.71. The second-order valence-corrected chi connectivity index (χ2v) is 8.30. The van der Waals surface area contributed by atoms with E-state index in [1.54, 1.807) is 17.8 Å². The standard InChI is InChI=1S/C13H22N5O5P/c1-3-22-24(2,20)7-21-10-4-9(19)12(23-10)18-6-16-8-5-15-13(14)17-11(8)18/h6,9-10,12,19H,3-5,7H2,1-2H3,(H3,14,15,17)/t9-,10-,12+,24?/m0/s1. The molecule has 1 aromatic heterocycles. The summed E-state index contributed by atoms with van der Waals surface area (Å²) in [4.78, 5) is 8.45. The minimum atomic E-state index is -2.82. The third-order valence-corrected chi connectivity index (χ3v) is 5.15. The summed E-state index contributed by atoms with van der Waals surface area (Å²) in [6, 6.07) is 0. The van der Waals surface area contributed by atoms with Crippen molar-refractivity contribution in [2.24, 2.45) is 10.7 Å². The molecule has 3 rings (SSSR count). The van der Waals surface area contributed by atoms with E-state index in [2.05, 4.69) is 15.3 Å². The first-order valence-electron chi connectivity index (χ1n) is 7.69. The van der Waals surface area contributed by atoms with Gasteiger partial charge in [-0.05, 0) is 6.92 Å². The van der Waals surface area contributed by atoms with Crippen LogP contribution in [0.4, 0.5) is 5.82 Å². The van der Waals surface area contributed by atoms with Crippen LogP contribution < -0.4 is 11.1 Å². The lowest BCUT2D eigenvalue weighted by Gasteiger charge is -2.20. The number of nitrogens with one attached hydrogen (secondary N) is 1. The van der Waals surface area contributed by atoms with E-state index in [0.717, 1.165) is 5.69 Å². The number of hydrogen-bond donors (Lipinski definition) is 3. The summed E-state index contributed by atoms with van der Waals surface area (Å²) in [7, 11) is -2.82. The lowest BCUT2D eigenvalue weighted by molar-refractivity contribution is -0.145. The van der Waals surface area contributed by atoms with E-state index in [1.165, 1.54) is 6.66 Å². The van der Waals surface area contributed by atoms with Crippen molar-refractivity contribution in [1.82, 2.24) is 14.9 Å². The van der Waals surface area contributed by atoms with Gasteiger partial charge < -0.3 is 30.2 Å². The van der Waals surface area contributed by atoms with E-state index >= 15 is 0 Å². The molecular weight excluding hydrogens is 337 g/mol. The van der Waals surface area contributed by atoms with E-state index in [9.17, 15) is 9.67 Å². The van der Waals surface area contributed by atoms with Gasteiger partial charge in [0.25, 0.3) is 0 Å². The molecule has 1 unspecified atom stereocenters. The first-order valence-corrected chi connectivity index (χ1v) is 9.95. The maximum Gasteiger partial charge on any atom is 0.225 e. The topological polar surface area (TPSA) is 133 Å². The Morgan fingerprint density at radius 2 is 2.42 bits per heavy atom. The van der Waals surface area contributed by atoms with Gasteiger partial charge in [0.1, 0.15) is 18.1 Å². The highest BCUT2D eigenvalue weighted by molar-refractivity contribution is 7.57. The summed E-state index contributed by atoms with van der Waals surface area (Å²) in [6.45, 7) is 4.09. The van der Waals surface area contributed by atoms with Crippen LogP contribution in [0.2, 0.25) is 0 Å². The molecule has 10 nitrogen and oxygen atoms in total. The monoisotopic (exact) mass is 359 g/mol. The molecule has 0 aromatic carbocycles. The van der Waals surface area contributed by atoms with Crippen molar-refractivity contribution in [3.05, 3.63) is 12.0 Å². The van der Waals surface area contributed by atoms with Gasteiger partial charge in [0.2, 0.25) is 7.37 Å². The maximum atomic E-state index is 12.1. The predicted molar refractivity (Wildman–Crippen MR) is 86.0 cm³/mol. The molecule has 1 saturated heterocycles. The van der Waals surface area contributed by atoms with Crippen LogP contribution in [0.25, 0.3) is 0 Å². The molecule has 134 valence electrons.